The first-order valence-corrected chi connectivity index (χ1v) is 10.0. The third kappa shape index (κ3) is 4.04. The summed E-state index contributed by atoms with van der Waals surface area (Å²) in [5.74, 6) is -1.33. The molecule has 0 fully saturated rings. The van der Waals surface area contributed by atoms with Crippen LogP contribution in [0, 0.1) is 0 Å². The van der Waals surface area contributed by atoms with E-state index in [4.69, 9.17) is 4.52 Å². The summed E-state index contributed by atoms with van der Waals surface area (Å²) in [5.41, 5.74) is 0.184. The second-order valence-electron chi connectivity index (χ2n) is 7.53. The van der Waals surface area contributed by atoms with Gasteiger partial charge >= 0.3 is 6.18 Å². The van der Waals surface area contributed by atoms with Gasteiger partial charge in [0.1, 0.15) is 17.2 Å². The Morgan fingerprint density at radius 3 is 2.61 bits per heavy atom. The Hall–Kier alpha value is -3.82. The van der Waals surface area contributed by atoms with Gasteiger partial charge in [-0.15, -0.1) is 0 Å². The highest BCUT2D eigenvalue weighted by atomic mass is 19.4. The van der Waals surface area contributed by atoms with Gasteiger partial charge in [0.25, 0.3) is 0 Å². The first kappa shape index (κ1) is 21.0. The van der Waals surface area contributed by atoms with Crippen molar-refractivity contribution in [3.63, 3.8) is 0 Å². The van der Waals surface area contributed by atoms with Crippen molar-refractivity contribution in [3.8, 4) is 22.6 Å². The molecule has 1 aliphatic carbocycles. The average molecular weight is 458 g/mol. The Labute approximate surface area is 184 Å². The van der Waals surface area contributed by atoms with Gasteiger partial charge in [0.05, 0.1) is 23.4 Å². The Bertz CT molecular complexity index is 1370. The molecule has 0 spiro atoms. The number of pyridine rings is 1. The van der Waals surface area contributed by atoms with Crippen molar-refractivity contribution in [1.29, 1.82) is 0 Å². The van der Waals surface area contributed by atoms with Crippen molar-refractivity contribution in [2.24, 2.45) is 0 Å². The van der Waals surface area contributed by atoms with Crippen LogP contribution in [0.25, 0.3) is 28.2 Å². The van der Waals surface area contributed by atoms with Gasteiger partial charge in [-0.25, -0.2) is 18.7 Å². The van der Waals surface area contributed by atoms with E-state index in [9.17, 15) is 22.0 Å². The van der Waals surface area contributed by atoms with E-state index in [2.05, 4.69) is 15.1 Å². The van der Waals surface area contributed by atoms with Crippen LogP contribution in [0.4, 0.5) is 22.0 Å². The number of aromatic nitrogens is 4. The molecular weight excluding hydrogens is 443 g/mol. The van der Waals surface area contributed by atoms with Crippen molar-refractivity contribution >= 4 is 5.57 Å². The van der Waals surface area contributed by atoms with Gasteiger partial charge in [0.15, 0.2) is 17.4 Å². The van der Waals surface area contributed by atoms with Crippen molar-refractivity contribution in [2.45, 2.75) is 25.6 Å². The van der Waals surface area contributed by atoms with Gasteiger partial charge in [-0.2, -0.15) is 13.2 Å². The van der Waals surface area contributed by atoms with Crippen molar-refractivity contribution in [3.05, 3.63) is 83.7 Å². The van der Waals surface area contributed by atoms with Crippen molar-refractivity contribution in [2.75, 3.05) is 0 Å². The van der Waals surface area contributed by atoms with E-state index in [1.165, 1.54) is 24.3 Å². The molecular formula is C23H15F5N4O. The lowest BCUT2D eigenvalue weighted by molar-refractivity contribution is -0.137. The maximum atomic E-state index is 14.1. The number of benzene rings is 1. The lowest BCUT2D eigenvalue weighted by Gasteiger charge is -2.10. The lowest BCUT2D eigenvalue weighted by atomic mass is 10.0. The number of allylic oxidation sites excluding steroid dienone is 4. The van der Waals surface area contributed by atoms with Gasteiger partial charge in [-0.1, -0.05) is 29.4 Å². The smallest absolute Gasteiger partial charge is 0.359 e. The minimum absolute atomic E-state index is 0.0160. The normalized spacial score (nSPS) is 14.8. The highest BCUT2D eigenvalue weighted by molar-refractivity contribution is 5.77. The second kappa shape index (κ2) is 7.95. The van der Waals surface area contributed by atoms with E-state index in [0.29, 0.717) is 23.6 Å². The van der Waals surface area contributed by atoms with Gasteiger partial charge in [0, 0.05) is 30.4 Å². The predicted molar refractivity (Wildman–Crippen MR) is 109 cm³/mol. The number of halogens is 5. The number of hydrogen-bond acceptors (Lipinski definition) is 4. The van der Waals surface area contributed by atoms with Gasteiger partial charge in [-0.05, 0) is 18.6 Å². The highest BCUT2D eigenvalue weighted by Gasteiger charge is 2.34. The largest absolute Gasteiger partial charge is 0.417 e. The van der Waals surface area contributed by atoms with Gasteiger partial charge in [0.2, 0.25) is 0 Å². The van der Waals surface area contributed by atoms with Crippen LogP contribution in [-0.2, 0) is 12.7 Å². The fourth-order valence-corrected chi connectivity index (χ4v) is 3.70. The minimum Gasteiger partial charge on any atom is -0.359 e. The van der Waals surface area contributed by atoms with Crippen LogP contribution in [0.5, 0.6) is 0 Å². The maximum Gasteiger partial charge on any atom is 0.417 e. The fourth-order valence-electron chi connectivity index (χ4n) is 3.70. The summed E-state index contributed by atoms with van der Waals surface area (Å²) >= 11 is 0. The molecule has 168 valence electrons. The molecule has 3 aliphatic rings. The van der Waals surface area contributed by atoms with Crippen LogP contribution in [0.1, 0.15) is 30.0 Å². The molecule has 2 aliphatic heterocycles. The lowest BCUT2D eigenvalue weighted by Crippen LogP contribution is -2.06. The molecule has 0 radical (unpaired) electrons. The summed E-state index contributed by atoms with van der Waals surface area (Å²) < 4.78 is 74.6. The molecule has 0 saturated carbocycles. The molecule has 3 heterocycles. The van der Waals surface area contributed by atoms with Gasteiger partial charge in [-0.3, -0.25) is 0 Å². The van der Waals surface area contributed by atoms with Crippen LogP contribution in [-0.4, -0.2) is 19.7 Å². The van der Waals surface area contributed by atoms with Crippen LogP contribution in [0.2, 0.25) is 0 Å². The number of hydrogen-bond donors (Lipinski definition) is 0. The molecule has 5 rings (SSSR count). The molecule has 2 aromatic rings. The van der Waals surface area contributed by atoms with E-state index in [-0.39, 0.29) is 35.6 Å². The van der Waals surface area contributed by atoms with E-state index >= 15 is 0 Å². The molecule has 0 saturated heterocycles. The monoisotopic (exact) mass is 458 g/mol. The van der Waals surface area contributed by atoms with E-state index in [1.54, 1.807) is 29.1 Å². The maximum absolute atomic E-state index is 14.1. The molecule has 33 heavy (non-hydrogen) atoms. The molecule has 0 atom stereocenters. The summed E-state index contributed by atoms with van der Waals surface area (Å²) in [5, 5.41) is 3.79. The Kier molecular flexibility index (Phi) is 5.07. The Morgan fingerprint density at radius 2 is 1.79 bits per heavy atom. The summed E-state index contributed by atoms with van der Waals surface area (Å²) in [6, 6.07) is 8.24. The van der Waals surface area contributed by atoms with E-state index in [0.717, 1.165) is 6.07 Å². The molecule has 0 N–H and O–H groups in total. The Balaban J connectivity index is 1.41. The zero-order valence-electron chi connectivity index (χ0n) is 16.9. The zero-order chi connectivity index (χ0) is 23.2. The third-order valence-electron chi connectivity index (χ3n) is 5.26. The summed E-state index contributed by atoms with van der Waals surface area (Å²) in [6.45, 7) is 0.172. The van der Waals surface area contributed by atoms with Crippen LogP contribution in [0.3, 0.4) is 0 Å². The Morgan fingerprint density at radius 1 is 1.00 bits per heavy atom. The molecule has 0 bridgehead atoms. The molecule has 1 aromatic carbocycles. The van der Waals surface area contributed by atoms with E-state index in [1.807, 2.05) is 0 Å². The molecule has 0 amide bonds. The molecule has 5 nitrogen and oxygen atoms in total. The first-order valence-electron chi connectivity index (χ1n) is 10.0. The topological polar surface area (TPSA) is 56.7 Å². The quantitative estimate of drug-likeness (QED) is 0.331. The third-order valence-corrected chi connectivity index (χ3v) is 5.26. The highest BCUT2D eigenvalue weighted by Crippen LogP contribution is 2.37. The van der Waals surface area contributed by atoms with Crippen molar-refractivity contribution in [1.82, 2.24) is 19.7 Å². The SMILES string of the molecule is FC1=C(F)C(c2nc3ccn(Cc4cc(-c5ccccc5C(F)(F)F)no4)cc-3n2)=CCC1. The van der Waals surface area contributed by atoms with Crippen LogP contribution >= 0.6 is 0 Å². The number of imidazole rings is 1. The summed E-state index contributed by atoms with van der Waals surface area (Å²) in [4.78, 5) is 8.57. The minimum atomic E-state index is -4.52. The zero-order valence-corrected chi connectivity index (χ0v) is 16.9. The van der Waals surface area contributed by atoms with Crippen molar-refractivity contribution < 1.29 is 26.5 Å². The fraction of sp³-hybridized carbons (Fsp3) is 0.174. The van der Waals surface area contributed by atoms with Crippen LogP contribution < -0.4 is 0 Å². The predicted octanol–water partition coefficient (Wildman–Crippen LogP) is 6.43. The number of nitrogens with zero attached hydrogens (tertiary/aromatic N) is 4. The number of fused-ring (bicyclic) bond motifs is 1. The second-order valence-corrected chi connectivity index (χ2v) is 7.53. The standard InChI is InChI=1S/C23H15F5N4O/c24-17-7-3-5-15(21(17)25)22-29-18-8-9-32(12-20(18)30-22)11-13-10-19(31-33-13)14-4-1-2-6-16(14)23(26,27)28/h1-2,4-6,8-10,12H,3,7,11H2. The number of rotatable bonds is 4. The average Bonchev–Trinajstić information content (AvgIpc) is 3.42. The van der Waals surface area contributed by atoms with E-state index < -0.39 is 23.4 Å². The summed E-state index contributed by atoms with van der Waals surface area (Å²) in [7, 11) is 0. The molecule has 0 unspecified atom stereocenters. The summed E-state index contributed by atoms with van der Waals surface area (Å²) in [6.07, 6.45) is 0.741. The first-order chi connectivity index (χ1) is 15.8. The number of alkyl halides is 3. The molecule has 10 heteroatoms. The molecule has 1 aromatic heterocycles. The van der Waals surface area contributed by atoms with Gasteiger partial charge < -0.3 is 9.09 Å². The van der Waals surface area contributed by atoms with Crippen LogP contribution in [0.15, 0.2) is 71.0 Å².